The van der Waals surface area contributed by atoms with E-state index in [1.807, 2.05) is 0 Å². The predicted molar refractivity (Wildman–Crippen MR) is 47.3 cm³/mol. The summed E-state index contributed by atoms with van der Waals surface area (Å²) in [5.41, 5.74) is 0. The lowest BCUT2D eigenvalue weighted by Gasteiger charge is -2.03. The van der Waals surface area contributed by atoms with Gasteiger partial charge in [-0.2, -0.15) is 0 Å². The Bertz CT molecular complexity index is 399. The zero-order valence-corrected chi connectivity index (χ0v) is 7.78. The third kappa shape index (κ3) is 3.44. The molecule has 0 saturated carbocycles. The lowest BCUT2D eigenvalue weighted by molar-refractivity contribution is 0.358. The molecule has 0 aliphatic rings. The maximum absolute atomic E-state index is 11.4. The third-order valence-corrected chi connectivity index (χ3v) is 1.91. The largest absolute Gasteiger partial charge is 0.500 e. The fourth-order valence-electron chi connectivity index (χ4n) is 0.703. The molecule has 0 unspecified atom stereocenters. The molecule has 4 nitrogen and oxygen atoms in total. The van der Waals surface area contributed by atoms with E-state index in [-0.39, 0.29) is 12.1 Å². The van der Waals surface area contributed by atoms with E-state index in [4.69, 9.17) is 0 Å². The van der Waals surface area contributed by atoms with Crippen molar-refractivity contribution in [2.24, 2.45) is 0 Å². The van der Waals surface area contributed by atoms with Crippen LogP contribution in [0.2, 0.25) is 0 Å². The summed E-state index contributed by atoms with van der Waals surface area (Å²) in [4.78, 5) is 0. The van der Waals surface area contributed by atoms with Crippen LogP contribution in [0.5, 0.6) is 5.75 Å². The molecule has 0 spiro atoms. The Morgan fingerprint density at radius 1 is 1.21 bits per heavy atom. The highest BCUT2D eigenvalue weighted by Crippen LogP contribution is 2.12. The Morgan fingerprint density at radius 2 is 1.86 bits per heavy atom. The van der Waals surface area contributed by atoms with Crippen LogP contribution >= 0.6 is 0 Å². The quantitative estimate of drug-likeness (QED) is 0.722. The molecule has 0 radical (unpaired) electrons. The van der Waals surface area contributed by atoms with Gasteiger partial charge in [-0.15, -0.1) is 8.42 Å². The van der Waals surface area contributed by atoms with E-state index in [0.29, 0.717) is 6.26 Å². The molecule has 0 bridgehead atoms. The number of halogens is 1. The summed E-state index contributed by atoms with van der Waals surface area (Å²) in [6, 6.07) is 7.74. The van der Waals surface area contributed by atoms with Crippen molar-refractivity contribution in [1.82, 2.24) is 0 Å². The maximum atomic E-state index is 11.4. The van der Waals surface area contributed by atoms with Crippen molar-refractivity contribution >= 4 is 10.4 Å². The maximum Gasteiger partial charge on any atom is 0.500 e. The smallest absolute Gasteiger partial charge is 0.358 e. The van der Waals surface area contributed by atoms with Crippen molar-refractivity contribution < 1.29 is 21.2 Å². The van der Waals surface area contributed by atoms with E-state index in [1.54, 1.807) is 18.2 Å². The standard InChI is InChI=1S/C8H7FO4S/c9-6-7-12-14(10,11)13-8-4-2-1-3-5-8/h1-7H. The van der Waals surface area contributed by atoms with Gasteiger partial charge in [0, 0.05) is 0 Å². The van der Waals surface area contributed by atoms with Gasteiger partial charge >= 0.3 is 10.4 Å². The third-order valence-electron chi connectivity index (χ3n) is 1.17. The highest BCUT2D eigenvalue weighted by molar-refractivity contribution is 7.82. The van der Waals surface area contributed by atoms with Crippen LogP contribution in [0.25, 0.3) is 0 Å². The van der Waals surface area contributed by atoms with Crippen molar-refractivity contribution in [3.8, 4) is 5.75 Å². The van der Waals surface area contributed by atoms with Gasteiger partial charge in [-0.3, -0.25) is 0 Å². The second-order valence-corrected chi connectivity index (χ2v) is 3.34. The van der Waals surface area contributed by atoms with Gasteiger partial charge in [-0.05, 0) is 12.1 Å². The molecule has 0 amide bonds. The van der Waals surface area contributed by atoms with Gasteiger partial charge in [0.15, 0.2) is 0 Å². The van der Waals surface area contributed by atoms with Gasteiger partial charge in [0.1, 0.15) is 18.3 Å². The molecular formula is C8H7FO4S. The van der Waals surface area contributed by atoms with Crippen LogP contribution in [0.15, 0.2) is 42.9 Å². The summed E-state index contributed by atoms with van der Waals surface area (Å²) in [6.07, 6.45) is 0.324. The Labute approximate surface area is 80.9 Å². The SMILES string of the molecule is O=S(=O)(OC=CF)Oc1ccccc1. The van der Waals surface area contributed by atoms with Gasteiger partial charge in [-0.25, -0.2) is 4.39 Å². The Morgan fingerprint density at radius 3 is 2.43 bits per heavy atom. The van der Waals surface area contributed by atoms with Crippen molar-refractivity contribution in [3.05, 3.63) is 42.9 Å². The molecule has 0 fully saturated rings. The molecule has 0 saturated heterocycles. The lowest BCUT2D eigenvalue weighted by Crippen LogP contribution is -2.09. The van der Waals surface area contributed by atoms with E-state index >= 15 is 0 Å². The first-order valence-corrected chi connectivity index (χ1v) is 4.90. The molecule has 0 aliphatic heterocycles. The highest BCUT2D eigenvalue weighted by Gasteiger charge is 2.11. The molecule has 76 valence electrons. The van der Waals surface area contributed by atoms with Crippen LogP contribution in [0.3, 0.4) is 0 Å². The van der Waals surface area contributed by atoms with E-state index in [0.717, 1.165) is 0 Å². The van der Waals surface area contributed by atoms with E-state index < -0.39 is 10.4 Å². The molecule has 1 aromatic carbocycles. The molecule has 0 aliphatic carbocycles. The first kappa shape index (κ1) is 10.5. The number of hydrogen-bond acceptors (Lipinski definition) is 4. The lowest BCUT2D eigenvalue weighted by atomic mass is 10.3. The topological polar surface area (TPSA) is 52.6 Å². The van der Waals surface area contributed by atoms with Crippen molar-refractivity contribution in [2.45, 2.75) is 0 Å². The molecule has 6 heteroatoms. The number of rotatable bonds is 4. The molecule has 0 aromatic heterocycles. The normalized spacial score (nSPS) is 11.5. The minimum Gasteiger partial charge on any atom is -0.358 e. The van der Waals surface area contributed by atoms with E-state index in [1.165, 1.54) is 12.1 Å². The van der Waals surface area contributed by atoms with Gasteiger partial charge in [0.2, 0.25) is 0 Å². The molecule has 14 heavy (non-hydrogen) atoms. The van der Waals surface area contributed by atoms with Gasteiger partial charge in [0.25, 0.3) is 0 Å². The van der Waals surface area contributed by atoms with Crippen LogP contribution in [0, 0.1) is 0 Å². The van der Waals surface area contributed by atoms with Crippen molar-refractivity contribution in [3.63, 3.8) is 0 Å². The van der Waals surface area contributed by atoms with Crippen LogP contribution in [-0.4, -0.2) is 8.42 Å². The highest BCUT2D eigenvalue weighted by atomic mass is 32.3. The summed E-state index contributed by atoms with van der Waals surface area (Å²) in [5, 5.41) is 0. The number of hydrogen-bond donors (Lipinski definition) is 0. The summed E-state index contributed by atoms with van der Waals surface area (Å²) in [6.45, 7) is 0. The summed E-state index contributed by atoms with van der Waals surface area (Å²) in [7, 11) is -4.22. The van der Waals surface area contributed by atoms with Gasteiger partial charge in [0.05, 0.1) is 0 Å². The van der Waals surface area contributed by atoms with Crippen molar-refractivity contribution in [1.29, 1.82) is 0 Å². The zero-order chi connectivity index (χ0) is 10.4. The second-order valence-electron chi connectivity index (χ2n) is 2.16. The Hall–Kier alpha value is -1.56. The monoisotopic (exact) mass is 218 g/mol. The van der Waals surface area contributed by atoms with E-state index in [2.05, 4.69) is 8.37 Å². The fourth-order valence-corrected chi connectivity index (χ4v) is 1.27. The average Bonchev–Trinajstić information content (AvgIpc) is 2.16. The Kier molecular flexibility index (Phi) is 3.47. The van der Waals surface area contributed by atoms with Crippen LogP contribution < -0.4 is 4.18 Å². The molecule has 0 N–H and O–H groups in total. The second kappa shape index (κ2) is 4.61. The minimum atomic E-state index is -4.22. The number of para-hydroxylation sites is 1. The Balaban J connectivity index is 2.69. The van der Waals surface area contributed by atoms with Crippen LogP contribution in [0.4, 0.5) is 4.39 Å². The zero-order valence-electron chi connectivity index (χ0n) is 6.96. The molecular weight excluding hydrogens is 211 g/mol. The van der Waals surface area contributed by atoms with E-state index in [9.17, 15) is 12.8 Å². The van der Waals surface area contributed by atoms with Gasteiger partial charge < -0.3 is 8.37 Å². The molecule has 1 aromatic rings. The average molecular weight is 218 g/mol. The minimum absolute atomic E-state index is 0.0497. The van der Waals surface area contributed by atoms with Crippen LogP contribution in [0.1, 0.15) is 0 Å². The summed E-state index contributed by atoms with van der Waals surface area (Å²) in [5.74, 6) is 0.0970. The first-order valence-electron chi connectivity index (χ1n) is 3.57. The molecule has 1 rings (SSSR count). The van der Waals surface area contributed by atoms with Crippen LogP contribution in [-0.2, 0) is 14.6 Å². The number of benzene rings is 1. The van der Waals surface area contributed by atoms with Gasteiger partial charge in [-0.1, -0.05) is 18.2 Å². The predicted octanol–water partition coefficient (Wildman–Crippen LogP) is 1.77. The molecule has 0 atom stereocenters. The fraction of sp³-hybridized carbons (Fsp3) is 0. The summed E-state index contributed by atoms with van der Waals surface area (Å²) >= 11 is 0. The first-order chi connectivity index (χ1) is 6.64. The van der Waals surface area contributed by atoms with Crippen molar-refractivity contribution in [2.75, 3.05) is 0 Å². The molecule has 0 heterocycles. The summed E-state index contributed by atoms with van der Waals surface area (Å²) < 4.78 is 41.6.